The largest absolute Gasteiger partial charge is 0.417 e. The number of hydrogen-bond donors (Lipinski definition) is 2. The molecule has 0 aromatic heterocycles. The molecule has 2 fully saturated rings. The van der Waals surface area contributed by atoms with Crippen LogP contribution in [0, 0.1) is 5.41 Å². The average molecular weight is 269 g/mol. The summed E-state index contributed by atoms with van der Waals surface area (Å²) in [4.78, 5) is 1.86. The van der Waals surface area contributed by atoms with E-state index in [-0.39, 0.29) is 38.0 Å². The lowest BCUT2D eigenvalue weighted by molar-refractivity contribution is -0.274. The van der Waals surface area contributed by atoms with Gasteiger partial charge in [0.25, 0.3) is 0 Å². The minimum absolute atomic E-state index is 0.0208. The molecule has 2 aliphatic heterocycles. The van der Waals surface area contributed by atoms with Crippen LogP contribution < -0.4 is 0 Å². The SMILES string of the molecule is OCC1(CN2CCC(O)(C(F)(F)F)CC2)COC1. The average Bonchev–Trinajstić information content (AvgIpc) is 2.25. The summed E-state index contributed by atoms with van der Waals surface area (Å²) >= 11 is 0. The van der Waals surface area contributed by atoms with Crippen molar-refractivity contribution >= 4 is 0 Å². The van der Waals surface area contributed by atoms with Crippen molar-refractivity contribution in [3.8, 4) is 0 Å². The number of rotatable bonds is 3. The molecule has 0 saturated carbocycles. The Morgan fingerprint density at radius 3 is 2.06 bits per heavy atom. The van der Waals surface area contributed by atoms with Gasteiger partial charge < -0.3 is 19.8 Å². The van der Waals surface area contributed by atoms with Crippen molar-refractivity contribution in [1.29, 1.82) is 0 Å². The predicted molar refractivity (Wildman–Crippen MR) is 57.0 cm³/mol. The number of hydrogen-bond acceptors (Lipinski definition) is 4. The molecule has 0 bridgehead atoms. The third kappa shape index (κ3) is 2.49. The van der Waals surface area contributed by atoms with Crippen LogP contribution in [0.5, 0.6) is 0 Å². The molecule has 0 radical (unpaired) electrons. The lowest BCUT2D eigenvalue weighted by atomic mass is 9.84. The van der Waals surface area contributed by atoms with Crippen molar-refractivity contribution in [2.45, 2.75) is 24.6 Å². The number of alkyl halides is 3. The number of halogens is 3. The zero-order valence-electron chi connectivity index (χ0n) is 10.0. The molecule has 0 aliphatic carbocycles. The van der Waals surface area contributed by atoms with Gasteiger partial charge in [-0.05, 0) is 12.8 Å². The molecular formula is C11H18F3NO3. The highest BCUT2D eigenvalue weighted by atomic mass is 19.4. The van der Waals surface area contributed by atoms with E-state index in [0.29, 0.717) is 19.8 Å². The summed E-state index contributed by atoms with van der Waals surface area (Å²) in [5.74, 6) is 0. The van der Waals surface area contributed by atoms with Crippen LogP contribution in [0.4, 0.5) is 13.2 Å². The van der Waals surface area contributed by atoms with Crippen LogP contribution in [-0.2, 0) is 4.74 Å². The summed E-state index contributed by atoms with van der Waals surface area (Å²) in [6, 6.07) is 0. The van der Waals surface area contributed by atoms with Gasteiger partial charge in [0.15, 0.2) is 5.60 Å². The van der Waals surface area contributed by atoms with Crippen molar-refractivity contribution < 1.29 is 28.1 Å². The van der Waals surface area contributed by atoms with E-state index in [9.17, 15) is 23.4 Å². The maximum Gasteiger partial charge on any atom is 0.417 e. The molecule has 0 aromatic rings. The lowest BCUT2D eigenvalue weighted by Gasteiger charge is -2.46. The molecule has 7 heteroatoms. The molecule has 0 unspecified atom stereocenters. The molecule has 2 aliphatic rings. The van der Waals surface area contributed by atoms with Crippen molar-refractivity contribution in [1.82, 2.24) is 4.90 Å². The van der Waals surface area contributed by atoms with E-state index in [1.807, 2.05) is 4.90 Å². The fourth-order valence-corrected chi connectivity index (χ4v) is 2.46. The summed E-state index contributed by atoms with van der Waals surface area (Å²) in [6.07, 6.45) is -5.18. The second-order valence-corrected chi connectivity index (χ2v) is 5.46. The van der Waals surface area contributed by atoms with Crippen LogP contribution in [0.25, 0.3) is 0 Å². The number of nitrogens with zero attached hydrogens (tertiary/aromatic N) is 1. The number of likely N-dealkylation sites (tertiary alicyclic amines) is 1. The standard InChI is InChI=1S/C11H18F3NO3/c12-11(13,14)10(17)1-3-15(4-2-10)5-9(6-16)7-18-8-9/h16-17H,1-8H2. The molecule has 2 saturated heterocycles. The third-order valence-electron chi connectivity index (χ3n) is 3.92. The highest BCUT2D eigenvalue weighted by Gasteiger charge is 2.55. The monoisotopic (exact) mass is 269 g/mol. The van der Waals surface area contributed by atoms with Crippen LogP contribution in [0.2, 0.25) is 0 Å². The van der Waals surface area contributed by atoms with E-state index in [0.717, 1.165) is 0 Å². The molecular weight excluding hydrogens is 251 g/mol. The Balaban J connectivity index is 1.87. The maximum absolute atomic E-state index is 12.6. The minimum atomic E-state index is -4.56. The summed E-state index contributed by atoms with van der Waals surface area (Å²) in [5.41, 5.74) is -2.88. The minimum Gasteiger partial charge on any atom is -0.396 e. The quantitative estimate of drug-likeness (QED) is 0.778. The summed E-state index contributed by atoms with van der Waals surface area (Å²) in [5, 5.41) is 18.8. The Hall–Kier alpha value is -0.370. The topological polar surface area (TPSA) is 52.9 Å². The van der Waals surface area contributed by atoms with Gasteiger partial charge in [0.1, 0.15) is 0 Å². The molecule has 2 heterocycles. The molecule has 0 aromatic carbocycles. The zero-order chi connectivity index (χ0) is 13.4. The highest BCUT2D eigenvalue weighted by Crippen LogP contribution is 2.39. The second-order valence-electron chi connectivity index (χ2n) is 5.46. The Labute approximate surface area is 103 Å². The van der Waals surface area contributed by atoms with Gasteiger partial charge >= 0.3 is 6.18 Å². The first kappa shape index (κ1) is 14.0. The van der Waals surface area contributed by atoms with Gasteiger partial charge in [-0.15, -0.1) is 0 Å². The Bertz CT molecular complexity index is 291. The molecule has 0 spiro atoms. The Morgan fingerprint density at radius 2 is 1.72 bits per heavy atom. The van der Waals surface area contributed by atoms with E-state index in [2.05, 4.69) is 0 Å². The third-order valence-corrected chi connectivity index (χ3v) is 3.92. The highest BCUT2D eigenvalue weighted by molar-refractivity contribution is 4.95. The fraction of sp³-hybridized carbons (Fsp3) is 1.00. The zero-order valence-corrected chi connectivity index (χ0v) is 10.0. The van der Waals surface area contributed by atoms with Crippen molar-refractivity contribution in [3.63, 3.8) is 0 Å². The van der Waals surface area contributed by atoms with Crippen LogP contribution in [-0.4, -0.2) is 66.3 Å². The van der Waals surface area contributed by atoms with Gasteiger partial charge in [0, 0.05) is 19.6 Å². The van der Waals surface area contributed by atoms with Crippen molar-refractivity contribution in [2.75, 3.05) is 39.5 Å². The van der Waals surface area contributed by atoms with Gasteiger partial charge in [-0.25, -0.2) is 0 Å². The van der Waals surface area contributed by atoms with Gasteiger partial charge in [-0.3, -0.25) is 0 Å². The fourth-order valence-electron chi connectivity index (χ4n) is 2.46. The van der Waals surface area contributed by atoms with Crippen LogP contribution in [0.1, 0.15) is 12.8 Å². The molecule has 4 nitrogen and oxygen atoms in total. The number of aliphatic hydroxyl groups is 2. The first-order valence-corrected chi connectivity index (χ1v) is 6.00. The van der Waals surface area contributed by atoms with Gasteiger partial charge in [0.2, 0.25) is 0 Å². The van der Waals surface area contributed by atoms with Gasteiger partial charge in [-0.1, -0.05) is 0 Å². The number of ether oxygens (including phenoxy) is 1. The van der Waals surface area contributed by atoms with Crippen LogP contribution >= 0.6 is 0 Å². The van der Waals surface area contributed by atoms with E-state index in [1.165, 1.54) is 0 Å². The second kappa shape index (κ2) is 4.63. The van der Waals surface area contributed by atoms with E-state index >= 15 is 0 Å². The lowest BCUT2D eigenvalue weighted by Crippen LogP contribution is -2.58. The normalized spacial score (nSPS) is 27.8. The predicted octanol–water partition coefficient (Wildman–Crippen LogP) is 0.384. The first-order valence-electron chi connectivity index (χ1n) is 6.00. The van der Waals surface area contributed by atoms with Crippen LogP contribution in [0.15, 0.2) is 0 Å². The van der Waals surface area contributed by atoms with Crippen LogP contribution in [0.3, 0.4) is 0 Å². The summed E-state index contributed by atoms with van der Waals surface area (Å²) in [6.45, 7) is 1.78. The summed E-state index contributed by atoms with van der Waals surface area (Å²) in [7, 11) is 0. The smallest absolute Gasteiger partial charge is 0.396 e. The molecule has 18 heavy (non-hydrogen) atoms. The number of aliphatic hydroxyl groups excluding tert-OH is 1. The van der Waals surface area contributed by atoms with Crippen molar-refractivity contribution in [2.24, 2.45) is 5.41 Å². The number of piperidine rings is 1. The molecule has 2 N–H and O–H groups in total. The van der Waals surface area contributed by atoms with Crippen molar-refractivity contribution in [3.05, 3.63) is 0 Å². The molecule has 0 atom stereocenters. The molecule has 106 valence electrons. The van der Waals surface area contributed by atoms with Gasteiger partial charge in [-0.2, -0.15) is 13.2 Å². The first-order chi connectivity index (χ1) is 8.30. The molecule has 0 amide bonds. The Kier molecular flexibility index (Phi) is 3.61. The maximum atomic E-state index is 12.6. The summed E-state index contributed by atoms with van der Waals surface area (Å²) < 4.78 is 42.9. The Morgan fingerprint density at radius 1 is 1.17 bits per heavy atom. The van der Waals surface area contributed by atoms with E-state index < -0.39 is 11.8 Å². The molecule has 2 rings (SSSR count). The van der Waals surface area contributed by atoms with E-state index in [1.54, 1.807) is 0 Å². The van der Waals surface area contributed by atoms with E-state index in [4.69, 9.17) is 4.74 Å². The van der Waals surface area contributed by atoms with Gasteiger partial charge in [0.05, 0.1) is 25.2 Å².